The first kappa shape index (κ1) is 29.7. The van der Waals surface area contributed by atoms with Gasteiger partial charge in [0.05, 0.1) is 36.1 Å². The zero-order chi connectivity index (χ0) is 30.1. The maximum Gasteiger partial charge on any atom is 0.255 e. The van der Waals surface area contributed by atoms with Gasteiger partial charge in [-0.05, 0) is 59.9 Å². The van der Waals surface area contributed by atoms with Crippen molar-refractivity contribution in [2.75, 3.05) is 47.4 Å². The van der Waals surface area contributed by atoms with Crippen molar-refractivity contribution in [3.05, 3.63) is 77.1 Å². The molecule has 0 aliphatic carbocycles. The first-order valence-corrected chi connectivity index (χ1v) is 14.8. The van der Waals surface area contributed by atoms with Crippen LogP contribution in [0.3, 0.4) is 0 Å². The fourth-order valence-electron chi connectivity index (χ4n) is 4.26. The highest BCUT2D eigenvalue weighted by atomic mass is 32.2. The number of rotatable bonds is 8. The third-order valence-electron chi connectivity index (χ3n) is 6.52. The predicted molar refractivity (Wildman–Crippen MR) is 165 cm³/mol. The van der Waals surface area contributed by atoms with Crippen molar-refractivity contribution in [1.82, 2.24) is 15.9 Å². The summed E-state index contributed by atoms with van der Waals surface area (Å²) in [6.07, 6.45) is 4.76. The molecule has 1 aliphatic rings. The molecule has 1 amide bonds. The minimum Gasteiger partial charge on any atom is -0.492 e. The summed E-state index contributed by atoms with van der Waals surface area (Å²) in [5.74, 6) is 0.701. The summed E-state index contributed by atoms with van der Waals surface area (Å²) in [5, 5.41) is 4.72. The average molecular weight is 580 g/mol. The molecule has 4 rings (SSSR count). The second-order valence-corrected chi connectivity index (χ2v) is 12.9. The molecule has 0 saturated carbocycles. The fourth-order valence-corrected chi connectivity index (χ4v) is 4.81. The van der Waals surface area contributed by atoms with Crippen LogP contribution in [0.4, 0.5) is 22.9 Å². The second kappa shape index (κ2) is 11.3. The average Bonchev–Trinajstić information content (AvgIpc) is 3.37. The molecule has 0 saturated heterocycles. The quantitative estimate of drug-likeness (QED) is 0.310. The minimum absolute atomic E-state index is 0.219. The van der Waals surface area contributed by atoms with Gasteiger partial charge in [0.15, 0.2) is 5.75 Å². The van der Waals surface area contributed by atoms with Gasteiger partial charge >= 0.3 is 0 Å². The standard InChI is InChI=1S/C29H37N7O4S/c1-18-9-10-19(13-25(18)36-17-24(32-34-36)20-11-12-26(30-16-20)35(5)6)28(37)31-22-14-21(29(2,3)4)15-23(27(22)40-7)33-41(8,38)39/h9-17,32-34H,1-8H3,(H,31,37). The number of carbonyl (C=O) groups is 1. The van der Waals surface area contributed by atoms with Crippen LogP contribution >= 0.6 is 0 Å². The van der Waals surface area contributed by atoms with E-state index in [2.05, 4.69) is 26.0 Å². The topological polar surface area (TPSA) is 128 Å². The van der Waals surface area contributed by atoms with Gasteiger partial charge in [-0.1, -0.05) is 26.8 Å². The summed E-state index contributed by atoms with van der Waals surface area (Å²) in [6, 6.07) is 12.8. The number of ether oxygens (including phenoxy) is 1. The van der Waals surface area contributed by atoms with Gasteiger partial charge in [-0.15, -0.1) is 5.53 Å². The Balaban J connectivity index is 1.64. The highest BCUT2D eigenvalue weighted by molar-refractivity contribution is 7.92. The van der Waals surface area contributed by atoms with Crippen molar-refractivity contribution in [2.45, 2.75) is 33.1 Å². The maximum absolute atomic E-state index is 13.5. The van der Waals surface area contributed by atoms with Crippen molar-refractivity contribution in [3.63, 3.8) is 0 Å². The lowest BCUT2D eigenvalue weighted by atomic mass is 9.86. The predicted octanol–water partition coefficient (Wildman–Crippen LogP) is 4.21. The fraction of sp³-hybridized carbons (Fsp3) is 0.310. The van der Waals surface area contributed by atoms with Crippen LogP contribution in [0.25, 0.3) is 5.70 Å². The Morgan fingerprint density at radius 2 is 1.78 bits per heavy atom. The number of anilines is 4. The highest BCUT2D eigenvalue weighted by Gasteiger charge is 2.23. The van der Waals surface area contributed by atoms with E-state index >= 15 is 0 Å². The maximum atomic E-state index is 13.5. The summed E-state index contributed by atoms with van der Waals surface area (Å²) in [7, 11) is 1.71. The number of nitrogens with one attached hydrogen (secondary N) is 4. The lowest BCUT2D eigenvalue weighted by Crippen LogP contribution is -2.36. The Morgan fingerprint density at radius 3 is 2.37 bits per heavy atom. The summed E-state index contributed by atoms with van der Waals surface area (Å²) in [5.41, 5.74) is 11.2. The molecule has 218 valence electrons. The van der Waals surface area contributed by atoms with E-state index in [1.807, 2.05) is 71.1 Å². The van der Waals surface area contributed by atoms with E-state index in [1.54, 1.807) is 35.5 Å². The van der Waals surface area contributed by atoms with Gasteiger partial charge in [-0.3, -0.25) is 14.5 Å². The number of pyridine rings is 1. The summed E-state index contributed by atoms with van der Waals surface area (Å²) in [6.45, 7) is 7.96. The van der Waals surface area contributed by atoms with Crippen LogP contribution in [-0.4, -0.2) is 46.8 Å². The molecule has 0 atom stereocenters. The zero-order valence-corrected chi connectivity index (χ0v) is 25.4. The van der Waals surface area contributed by atoms with Gasteiger partial charge in [0, 0.05) is 37.6 Å². The van der Waals surface area contributed by atoms with Crippen LogP contribution in [0.1, 0.15) is 47.8 Å². The smallest absolute Gasteiger partial charge is 0.255 e. The number of sulfonamides is 1. The zero-order valence-electron chi connectivity index (χ0n) is 24.6. The third-order valence-corrected chi connectivity index (χ3v) is 7.11. The molecule has 11 nitrogen and oxygen atoms in total. The summed E-state index contributed by atoms with van der Waals surface area (Å²) >= 11 is 0. The number of aromatic nitrogens is 1. The molecule has 1 aliphatic heterocycles. The monoisotopic (exact) mass is 579 g/mol. The third kappa shape index (κ3) is 6.90. The van der Waals surface area contributed by atoms with Crippen molar-refractivity contribution in [1.29, 1.82) is 0 Å². The molecule has 12 heteroatoms. The number of hydrogen-bond donors (Lipinski definition) is 4. The van der Waals surface area contributed by atoms with Gasteiger partial charge in [0.2, 0.25) is 10.0 Å². The molecule has 0 spiro atoms. The number of aryl methyl sites for hydroxylation is 1. The number of benzene rings is 2. The SMILES string of the molecule is COc1c(NC(=O)c2ccc(C)c(N3C=C(c4ccc(N(C)C)nc4)NN3)c2)cc(C(C)(C)C)cc1NS(C)(=O)=O. The summed E-state index contributed by atoms with van der Waals surface area (Å²) in [4.78, 5) is 19.9. The Labute approximate surface area is 241 Å². The van der Waals surface area contributed by atoms with Gasteiger partial charge in [-0.25, -0.2) is 13.4 Å². The molecule has 0 bridgehead atoms. The van der Waals surface area contributed by atoms with Crippen LogP contribution in [0.2, 0.25) is 0 Å². The molecular formula is C29H37N7O4S. The molecule has 0 fully saturated rings. The van der Waals surface area contributed by atoms with E-state index in [-0.39, 0.29) is 22.8 Å². The van der Waals surface area contributed by atoms with Gasteiger partial charge in [0.25, 0.3) is 5.91 Å². The van der Waals surface area contributed by atoms with Crippen LogP contribution in [0.15, 0.2) is 54.9 Å². The van der Waals surface area contributed by atoms with E-state index in [9.17, 15) is 13.2 Å². The Morgan fingerprint density at radius 1 is 1.07 bits per heavy atom. The Bertz CT molecular complexity index is 1590. The molecule has 1 aromatic heterocycles. The molecule has 4 N–H and O–H groups in total. The lowest BCUT2D eigenvalue weighted by molar-refractivity contribution is 0.102. The second-order valence-electron chi connectivity index (χ2n) is 11.1. The number of hydrogen-bond acceptors (Lipinski definition) is 9. The molecule has 0 radical (unpaired) electrons. The van der Waals surface area contributed by atoms with Crippen molar-refractivity contribution < 1.29 is 17.9 Å². The van der Waals surface area contributed by atoms with E-state index in [4.69, 9.17) is 4.74 Å². The molecule has 2 aromatic carbocycles. The number of amides is 1. The lowest BCUT2D eigenvalue weighted by Gasteiger charge is -2.24. The largest absolute Gasteiger partial charge is 0.492 e. The number of methoxy groups -OCH3 is 1. The van der Waals surface area contributed by atoms with Crippen molar-refractivity contribution >= 4 is 44.5 Å². The normalized spacial score (nSPS) is 13.4. The molecular weight excluding hydrogens is 542 g/mol. The van der Waals surface area contributed by atoms with E-state index < -0.39 is 10.0 Å². The van der Waals surface area contributed by atoms with E-state index in [1.165, 1.54) is 7.11 Å². The minimum atomic E-state index is -3.59. The van der Waals surface area contributed by atoms with E-state index in [0.29, 0.717) is 11.3 Å². The molecule has 41 heavy (non-hydrogen) atoms. The van der Waals surface area contributed by atoms with E-state index in [0.717, 1.165) is 40.1 Å². The van der Waals surface area contributed by atoms with Gasteiger partial charge < -0.3 is 20.4 Å². The first-order valence-electron chi connectivity index (χ1n) is 12.9. The van der Waals surface area contributed by atoms with Crippen LogP contribution in [0, 0.1) is 6.92 Å². The van der Waals surface area contributed by atoms with Crippen LogP contribution < -0.4 is 35.6 Å². The molecule has 0 unspecified atom stereocenters. The van der Waals surface area contributed by atoms with Crippen LogP contribution in [0.5, 0.6) is 5.75 Å². The molecule has 2 heterocycles. The Kier molecular flexibility index (Phi) is 8.18. The van der Waals surface area contributed by atoms with Gasteiger partial charge in [-0.2, -0.15) is 0 Å². The van der Waals surface area contributed by atoms with Gasteiger partial charge in [0.1, 0.15) is 5.82 Å². The van der Waals surface area contributed by atoms with Crippen molar-refractivity contribution in [2.24, 2.45) is 0 Å². The summed E-state index contributed by atoms with van der Waals surface area (Å²) < 4.78 is 32.2. The number of nitrogens with zero attached hydrogens (tertiary/aromatic N) is 3. The molecule has 3 aromatic rings. The van der Waals surface area contributed by atoms with Crippen molar-refractivity contribution in [3.8, 4) is 5.75 Å². The first-order chi connectivity index (χ1) is 19.2. The number of carbonyl (C=O) groups excluding carboxylic acids is 1. The van der Waals surface area contributed by atoms with Crippen LogP contribution in [-0.2, 0) is 15.4 Å². The Hall–Kier alpha value is -4.29. The number of hydrazine groups is 2. The highest BCUT2D eigenvalue weighted by Crippen LogP contribution is 2.39.